The molecule has 318 valence electrons. The molecule has 0 rings (SSSR count). The summed E-state index contributed by atoms with van der Waals surface area (Å²) in [6.45, 7) is 3.28. The summed E-state index contributed by atoms with van der Waals surface area (Å²) in [7, 11) is -4.67. The zero-order chi connectivity index (χ0) is 41.9. The molecule has 3 unspecified atom stereocenters. The average Bonchev–Trinajstić information content (AvgIpc) is 3.19. The molecule has 0 spiro atoms. The Morgan fingerprint density at radius 3 is 1.28 bits per heavy atom. The van der Waals surface area contributed by atoms with Crippen LogP contribution in [-0.4, -0.2) is 60.5 Å². The molecule has 0 radical (unpaired) electrons. The molecule has 0 aromatic carbocycles. The van der Waals surface area contributed by atoms with Crippen LogP contribution in [0.4, 0.5) is 0 Å². The quantitative estimate of drug-likeness (QED) is 0.0241. The third-order valence-corrected chi connectivity index (χ3v) is 8.41. The second-order valence-electron chi connectivity index (χ2n) is 12.6. The van der Waals surface area contributed by atoms with Crippen molar-refractivity contribution < 1.29 is 42.7 Å². The summed E-state index contributed by atoms with van der Waals surface area (Å²) in [6, 6.07) is -1.50. The van der Waals surface area contributed by atoms with Crippen molar-refractivity contribution in [3.8, 4) is 0 Å². The fourth-order valence-corrected chi connectivity index (χ4v) is 5.18. The van der Waals surface area contributed by atoms with Crippen molar-refractivity contribution in [2.45, 2.75) is 116 Å². The largest absolute Gasteiger partial charge is 0.480 e. The first-order chi connectivity index (χ1) is 27.7. The Balaban J connectivity index is 4.57. The molecule has 0 heterocycles. The Kier molecular flexibility index (Phi) is 37.6. The Labute approximate surface area is 343 Å². The smallest absolute Gasteiger partial charge is 0.472 e. The van der Waals surface area contributed by atoms with Crippen LogP contribution >= 0.6 is 7.82 Å². The number of ether oxygens (including phenoxy) is 2. The fourth-order valence-electron chi connectivity index (χ4n) is 4.40. The molecule has 0 aliphatic carbocycles. The maximum absolute atomic E-state index is 12.6. The van der Waals surface area contributed by atoms with Gasteiger partial charge in [-0.2, -0.15) is 0 Å². The summed E-state index contributed by atoms with van der Waals surface area (Å²) in [4.78, 5) is 33.4. The maximum Gasteiger partial charge on any atom is 0.472 e. The van der Waals surface area contributed by atoms with Crippen LogP contribution in [0.3, 0.4) is 0 Å². The molecule has 0 saturated heterocycles. The van der Waals surface area contributed by atoms with Crippen LogP contribution < -0.4 is 5.73 Å². The van der Waals surface area contributed by atoms with E-state index in [9.17, 15) is 19.0 Å². The van der Waals surface area contributed by atoms with Gasteiger partial charge in [0.05, 0.1) is 26.4 Å². The number of hydrogen-bond donors (Lipinski definition) is 3. The SMILES string of the molecule is CC/C=C\C/C=C\C/C=C\C/C=C\C/C=C\C/C=C\CCC(=O)OC(COCC/C=C\C/C=C\C/C=C\C/C=C\C/C=C\CC)COP(=O)(O)OCC(N)C(=O)O. The lowest BCUT2D eigenvalue weighted by atomic mass is 10.2. The number of aliphatic carboxylic acids is 1. The predicted octanol–water partition coefficient (Wildman–Crippen LogP) is 11.1. The van der Waals surface area contributed by atoms with Crippen LogP contribution in [0.2, 0.25) is 0 Å². The third kappa shape index (κ3) is 40.1. The van der Waals surface area contributed by atoms with Crippen molar-refractivity contribution >= 4 is 19.8 Å². The molecule has 57 heavy (non-hydrogen) atoms. The molecule has 0 saturated carbocycles. The van der Waals surface area contributed by atoms with E-state index in [4.69, 9.17) is 24.8 Å². The zero-order valence-electron chi connectivity index (χ0n) is 34.4. The first kappa shape index (κ1) is 53.1. The van der Waals surface area contributed by atoms with E-state index in [1.54, 1.807) is 0 Å². The summed E-state index contributed by atoms with van der Waals surface area (Å²) in [5, 5.41) is 8.88. The van der Waals surface area contributed by atoms with Crippen LogP contribution in [0.1, 0.15) is 104 Å². The van der Waals surface area contributed by atoms with E-state index in [1.165, 1.54) is 0 Å². The van der Waals surface area contributed by atoms with Gasteiger partial charge in [0.2, 0.25) is 0 Å². The van der Waals surface area contributed by atoms with Gasteiger partial charge in [-0.05, 0) is 83.5 Å². The molecule has 0 bridgehead atoms. The lowest BCUT2D eigenvalue weighted by Gasteiger charge is -2.20. The first-order valence-corrected chi connectivity index (χ1v) is 21.7. The minimum absolute atomic E-state index is 0.0784. The molecular formula is C46H70NO9P. The molecule has 0 aliphatic heterocycles. The van der Waals surface area contributed by atoms with Gasteiger partial charge in [-0.3, -0.25) is 18.6 Å². The van der Waals surface area contributed by atoms with Gasteiger partial charge in [0.25, 0.3) is 0 Å². The zero-order valence-corrected chi connectivity index (χ0v) is 35.3. The second kappa shape index (κ2) is 40.3. The molecule has 0 aromatic heterocycles. The topological polar surface area (TPSA) is 155 Å². The molecule has 0 aliphatic rings. The maximum atomic E-state index is 12.6. The number of hydrogen-bond acceptors (Lipinski definition) is 8. The van der Waals surface area contributed by atoms with Crippen LogP contribution in [-0.2, 0) is 32.7 Å². The summed E-state index contributed by atoms with van der Waals surface area (Å²) in [6.07, 6.45) is 56.9. The molecule has 4 N–H and O–H groups in total. The number of nitrogens with two attached hydrogens (primary N) is 1. The summed E-state index contributed by atoms with van der Waals surface area (Å²) >= 11 is 0. The number of carbonyl (C=O) groups excluding carboxylic acids is 1. The molecule has 11 heteroatoms. The van der Waals surface area contributed by atoms with E-state index in [0.717, 1.165) is 70.6 Å². The van der Waals surface area contributed by atoms with Crippen LogP contribution in [0.25, 0.3) is 0 Å². The third-order valence-electron chi connectivity index (χ3n) is 7.46. The summed E-state index contributed by atoms with van der Waals surface area (Å²) in [5.74, 6) is -1.92. The van der Waals surface area contributed by atoms with E-state index in [0.29, 0.717) is 19.4 Å². The fraction of sp³-hybridized carbons (Fsp3) is 0.478. The van der Waals surface area contributed by atoms with Crippen molar-refractivity contribution in [2.75, 3.05) is 26.4 Å². The Morgan fingerprint density at radius 2 is 0.895 bits per heavy atom. The van der Waals surface area contributed by atoms with Crippen molar-refractivity contribution in [3.05, 3.63) is 134 Å². The predicted molar refractivity (Wildman–Crippen MR) is 235 cm³/mol. The lowest BCUT2D eigenvalue weighted by molar-refractivity contribution is -0.154. The van der Waals surface area contributed by atoms with Crippen LogP contribution in [0, 0.1) is 0 Å². The Morgan fingerprint density at radius 1 is 0.544 bits per heavy atom. The minimum Gasteiger partial charge on any atom is -0.480 e. The van der Waals surface area contributed by atoms with Gasteiger partial charge < -0.3 is 25.2 Å². The van der Waals surface area contributed by atoms with Crippen LogP contribution in [0.5, 0.6) is 0 Å². The van der Waals surface area contributed by atoms with Gasteiger partial charge in [-0.1, -0.05) is 148 Å². The van der Waals surface area contributed by atoms with Gasteiger partial charge in [-0.15, -0.1) is 0 Å². The highest BCUT2D eigenvalue weighted by Crippen LogP contribution is 2.43. The Hall–Kier alpha value is -3.89. The molecule has 10 nitrogen and oxygen atoms in total. The number of phosphoric acid groups is 1. The number of phosphoric ester groups is 1. The number of rotatable bonds is 36. The number of esters is 1. The Bertz CT molecular complexity index is 1400. The number of carboxylic acid groups (broad SMARTS) is 1. The van der Waals surface area contributed by atoms with Gasteiger partial charge in [-0.25, -0.2) is 4.57 Å². The van der Waals surface area contributed by atoms with E-state index in [-0.39, 0.29) is 13.0 Å². The normalized spacial score (nSPS) is 15.3. The van der Waals surface area contributed by atoms with Gasteiger partial charge >= 0.3 is 19.8 Å². The number of carboxylic acids is 1. The van der Waals surface area contributed by atoms with Crippen molar-refractivity contribution in [1.29, 1.82) is 0 Å². The molecule has 0 aromatic rings. The van der Waals surface area contributed by atoms with Crippen molar-refractivity contribution in [1.82, 2.24) is 0 Å². The van der Waals surface area contributed by atoms with E-state index < -0.39 is 45.1 Å². The molecule has 0 amide bonds. The van der Waals surface area contributed by atoms with Gasteiger partial charge in [0, 0.05) is 6.42 Å². The molecular weight excluding hydrogens is 741 g/mol. The van der Waals surface area contributed by atoms with Gasteiger partial charge in [0.15, 0.2) is 0 Å². The highest BCUT2D eigenvalue weighted by Gasteiger charge is 2.27. The van der Waals surface area contributed by atoms with Crippen molar-refractivity contribution in [3.63, 3.8) is 0 Å². The number of carbonyl (C=O) groups is 2. The highest BCUT2D eigenvalue weighted by molar-refractivity contribution is 7.47. The van der Waals surface area contributed by atoms with E-state index >= 15 is 0 Å². The monoisotopic (exact) mass is 811 g/mol. The van der Waals surface area contributed by atoms with E-state index in [1.807, 2.05) is 24.3 Å². The van der Waals surface area contributed by atoms with Crippen LogP contribution in [0.15, 0.2) is 134 Å². The van der Waals surface area contributed by atoms with Crippen molar-refractivity contribution in [2.24, 2.45) is 5.73 Å². The van der Waals surface area contributed by atoms with E-state index in [2.05, 4.69) is 128 Å². The lowest BCUT2D eigenvalue weighted by Crippen LogP contribution is -2.34. The minimum atomic E-state index is -4.67. The first-order valence-electron chi connectivity index (χ1n) is 20.2. The average molecular weight is 812 g/mol. The molecule has 0 fully saturated rings. The summed E-state index contributed by atoms with van der Waals surface area (Å²) < 4.78 is 33.1. The number of allylic oxidation sites excluding steroid dienone is 21. The summed E-state index contributed by atoms with van der Waals surface area (Å²) in [5.41, 5.74) is 5.33. The standard InChI is InChI=1S/C46H70NO9P/c1-3-5-7-9-11-13-15-17-19-21-22-23-24-26-28-30-32-34-36-38-45(48)56-43(41-54-57(51,52)55-42-44(47)46(49)50)40-53-39-37-35-33-31-29-27-25-20-18-16-14-12-10-8-6-4-2/h5-8,11-14,17-20,22-23,26-29,32-35,43-44H,3-4,9-10,15-16,21,24-25,30-31,36-42,47H2,1-2H3,(H,49,50)(H,51,52)/b7-5-,8-6-,13-11-,14-12-,19-17-,20-18-,23-22-,28-26-,29-27-,34-32-,35-33-. The second-order valence-corrected chi connectivity index (χ2v) is 14.1. The van der Waals surface area contributed by atoms with Gasteiger partial charge in [0.1, 0.15) is 12.1 Å². The highest BCUT2D eigenvalue weighted by atomic mass is 31.2. The molecule has 3 atom stereocenters.